The van der Waals surface area contributed by atoms with Crippen molar-refractivity contribution in [2.45, 2.75) is 191 Å². The third kappa shape index (κ3) is 13.2. The van der Waals surface area contributed by atoms with Gasteiger partial charge in [-0.3, -0.25) is 19.2 Å². The fourth-order valence-corrected chi connectivity index (χ4v) is 8.65. The number of carbonyl (C=O) groups excluding carboxylic acids is 5. The first-order chi connectivity index (χ1) is 28.2. The zero-order valence-corrected chi connectivity index (χ0v) is 36.8. The molecule has 0 aromatic heterocycles. The fourth-order valence-electron chi connectivity index (χ4n) is 8.65. The lowest BCUT2D eigenvalue weighted by atomic mass is 9.82. The summed E-state index contributed by atoms with van der Waals surface area (Å²) in [6.45, 7) is 12.6. The molecule has 0 radical (unpaired) electrons. The van der Waals surface area contributed by atoms with Gasteiger partial charge in [0.25, 0.3) is 0 Å². The van der Waals surface area contributed by atoms with Gasteiger partial charge >= 0.3 is 23.9 Å². The molecule has 3 saturated heterocycles. The smallest absolute Gasteiger partial charge is 0.309 e. The Morgan fingerprint density at radius 1 is 0.933 bits per heavy atom. The molecule has 0 saturated carbocycles. The number of cyclic esters (lactones) is 1. The molecule has 342 valence electrons. The molecule has 18 atom stereocenters. The van der Waals surface area contributed by atoms with Crippen LogP contribution in [0.15, 0.2) is 12.2 Å². The number of hydrogen-bond donors (Lipinski definition) is 2. The number of carbonyl (C=O) groups is 5. The molecule has 2 N–H and O–H groups in total. The first-order valence-electron chi connectivity index (χ1n) is 20.9. The SMILES string of the molecule is CCC(=O)O[C@@H]1/C=C/[C@@H]2O[C@H]2C[C@@H](C)OC(=O)C[C@H](OC(C)=O)[C@H](OC)[C@H](O[C@@H]2O[C@H](C)[C@H](O[C@@H]3C[C@](C)(O)[C@@H](OC(C)=O)[C@H](C)O3)[C@H](N(C)C)[C@@H]2O)[C@H](CC=O)C[C@@H]1C. The van der Waals surface area contributed by atoms with Gasteiger partial charge in [0.05, 0.1) is 36.9 Å². The zero-order valence-electron chi connectivity index (χ0n) is 36.8. The average molecular weight is 858 g/mol. The second-order valence-corrected chi connectivity index (χ2v) is 17.0. The van der Waals surface area contributed by atoms with E-state index in [4.69, 9.17) is 47.4 Å². The topological polar surface area (TPSA) is 225 Å². The number of esters is 4. The summed E-state index contributed by atoms with van der Waals surface area (Å²) in [7, 11) is 4.83. The molecule has 4 rings (SSSR count). The minimum atomic E-state index is -1.50. The van der Waals surface area contributed by atoms with Crippen LogP contribution in [0.5, 0.6) is 0 Å². The summed E-state index contributed by atoms with van der Waals surface area (Å²) in [4.78, 5) is 64.6. The Kier molecular flexibility index (Phi) is 18.0. The van der Waals surface area contributed by atoms with E-state index in [9.17, 15) is 34.2 Å². The maximum absolute atomic E-state index is 13.4. The van der Waals surface area contributed by atoms with Crippen molar-refractivity contribution in [2.75, 3.05) is 21.2 Å². The van der Waals surface area contributed by atoms with Crippen LogP contribution in [0.1, 0.15) is 93.9 Å². The summed E-state index contributed by atoms with van der Waals surface area (Å²) in [5.74, 6) is -3.54. The second kappa shape index (κ2) is 21.8. The Morgan fingerprint density at radius 3 is 2.20 bits per heavy atom. The van der Waals surface area contributed by atoms with Crippen LogP contribution in [0.3, 0.4) is 0 Å². The number of rotatable bonds is 12. The molecular weight excluding hydrogens is 790 g/mol. The van der Waals surface area contributed by atoms with Crippen LogP contribution < -0.4 is 0 Å². The summed E-state index contributed by atoms with van der Waals surface area (Å²) < 4.78 is 60.1. The molecule has 0 aromatic rings. The van der Waals surface area contributed by atoms with E-state index < -0.39 is 127 Å². The Balaban J connectivity index is 1.71. The van der Waals surface area contributed by atoms with Crippen LogP contribution in [0.2, 0.25) is 0 Å². The minimum absolute atomic E-state index is 0.0609. The van der Waals surface area contributed by atoms with Crippen molar-refractivity contribution in [3.63, 3.8) is 0 Å². The molecule has 4 aliphatic rings. The standard InChI is InChI=1S/C42H67NO17/c1-12-32(47)58-28-13-14-29-30(57-29)18-22(3)52-33(48)19-31(55-25(6)45)39(51-11)38(27(15-16-44)17-21(28)2)60-41-36(49)35(43(9)10)37(23(4)54-41)59-34-20-42(8,50)40(24(5)53-34)56-26(7)46/h13-14,16,21-24,27-31,34-41,49-50H,12,15,17-20H2,1-11H3/b14-13+/t21-,22+,23+,24-,27+,28+,29-,30-,31-,34+,35+,36-,37-,38+,39-,40-,41-,42-/m0/s1. The third-order valence-corrected chi connectivity index (χ3v) is 11.6. The second-order valence-electron chi connectivity index (χ2n) is 17.0. The van der Waals surface area contributed by atoms with E-state index in [1.807, 2.05) is 13.0 Å². The Morgan fingerprint density at radius 2 is 1.62 bits per heavy atom. The quantitative estimate of drug-likeness (QED) is 0.0943. The molecule has 0 aromatic carbocycles. The number of epoxide rings is 1. The molecule has 4 aliphatic heterocycles. The first-order valence-corrected chi connectivity index (χ1v) is 20.9. The van der Waals surface area contributed by atoms with E-state index in [1.54, 1.807) is 52.8 Å². The van der Waals surface area contributed by atoms with Crippen molar-refractivity contribution in [3.8, 4) is 0 Å². The monoisotopic (exact) mass is 857 g/mol. The number of methoxy groups -OCH3 is 1. The van der Waals surface area contributed by atoms with Crippen molar-refractivity contribution < 1.29 is 81.6 Å². The van der Waals surface area contributed by atoms with Crippen molar-refractivity contribution in [1.82, 2.24) is 4.90 Å². The average Bonchev–Trinajstić information content (AvgIpc) is 3.88. The Bertz CT molecular complexity index is 1490. The van der Waals surface area contributed by atoms with E-state index >= 15 is 0 Å². The van der Waals surface area contributed by atoms with E-state index in [0.717, 1.165) is 0 Å². The normalized spacial score (nSPS) is 42.2. The molecule has 3 fully saturated rings. The molecule has 60 heavy (non-hydrogen) atoms. The van der Waals surface area contributed by atoms with Crippen LogP contribution in [-0.2, 0) is 71.3 Å². The number of nitrogens with zero attached hydrogens (tertiary/aromatic N) is 1. The molecule has 0 bridgehead atoms. The van der Waals surface area contributed by atoms with E-state index in [1.165, 1.54) is 27.9 Å². The number of aliphatic hydroxyl groups excluding tert-OH is 1. The Hall–Kier alpha value is -3.07. The number of likely N-dealkylation sites (N-methyl/N-ethyl adjacent to an activating group) is 1. The maximum Gasteiger partial charge on any atom is 0.309 e. The van der Waals surface area contributed by atoms with Crippen LogP contribution in [0.4, 0.5) is 0 Å². The fraction of sp³-hybridized carbons (Fsp3) is 0.833. The van der Waals surface area contributed by atoms with E-state index in [0.29, 0.717) is 12.7 Å². The molecule has 0 spiro atoms. The molecule has 18 heteroatoms. The van der Waals surface area contributed by atoms with Gasteiger partial charge in [0.1, 0.15) is 54.6 Å². The molecule has 0 unspecified atom stereocenters. The lowest BCUT2D eigenvalue weighted by molar-refractivity contribution is -0.344. The van der Waals surface area contributed by atoms with Crippen molar-refractivity contribution in [1.29, 1.82) is 0 Å². The number of aliphatic hydroxyl groups is 2. The summed E-state index contributed by atoms with van der Waals surface area (Å²) in [5.41, 5.74) is -1.50. The van der Waals surface area contributed by atoms with Gasteiger partial charge in [0, 0.05) is 46.6 Å². The number of ether oxygens (including phenoxy) is 10. The summed E-state index contributed by atoms with van der Waals surface area (Å²) >= 11 is 0. The van der Waals surface area contributed by atoms with Gasteiger partial charge in [0.15, 0.2) is 18.7 Å². The van der Waals surface area contributed by atoms with Crippen molar-refractivity contribution in [2.24, 2.45) is 11.8 Å². The van der Waals surface area contributed by atoms with Gasteiger partial charge in [-0.2, -0.15) is 0 Å². The highest BCUT2D eigenvalue weighted by atomic mass is 16.7. The molecule has 4 heterocycles. The van der Waals surface area contributed by atoms with E-state index in [-0.39, 0.29) is 37.9 Å². The highest BCUT2D eigenvalue weighted by Gasteiger charge is 2.53. The number of aldehydes is 1. The number of fused-ring (bicyclic) bond motifs is 1. The predicted molar refractivity (Wildman–Crippen MR) is 210 cm³/mol. The predicted octanol–water partition coefficient (Wildman–Crippen LogP) is 2.16. The van der Waals surface area contributed by atoms with Gasteiger partial charge in [-0.1, -0.05) is 19.9 Å². The van der Waals surface area contributed by atoms with Crippen LogP contribution >= 0.6 is 0 Å². The lowest BCUT2D eigenvalue weighted by Crippen LogP contribution is -2.66. The highest BCUT2D eigenvalue weighted by molar-refractivity contribution is 5.72. The van der Waals surface area contributed by atoms with Crippen molar-refractivity contribution in [3.05, 3.63) is 12.2 Å². The van der Waals surface area contributed by atoms with Crippen LogP contribution in [-0.4, -0.2) is 164 Å². The van der Waals surface area contributed by atoms with Crippen molar-refractivity contribution >= 4 is 30.2 Å². The van der Waals surface area contributed by atoms with Crippen LogP contribution in [0, 0.1) is 11.8 Å². The highest BCUT2D eigenvalue weighted by Crippen LogP contribution is 2.38. The minimum Gasteiger partial charge on any atom is -0.462 e. The lowest BCUT2D eigenvalue weighted by Gasteiger charge is -2.50. The zero-order chi connectivity index (χ0) is 44.6. The Labute approximate surface area is 352 Å². The summed E-state index contributed by atoms with van der Waals surface area (Å²) in [6.07, 6.45) is -8.19. The molecule has 0 aliphatic carbocycles. The molecule has 0 amide bonds. The van der Waals surface area contributed by atoms with Gasteiger partial charge in [0.2, 0.25) is 0 Å². The summed E-state index contributed by atoms with van der Waals surface area (Å²) in [6, 6.07) is -0.804. The third-order valence-electron chi connectivity index (χ3n) is 11.6. The van der Waals surface area contributed by atoms with E-state index in [2.05, 4.69) is 0 Å². The largest absolute Gasteiger partial charge is 0.462 e. The molecule has 18 nitrogen and oxygen atoms in total. The van der Waals surface area contributed by atoms with Gasteiger partial charge in [-0.15, -0.1) is 0 Å². The summed E-state index contributed by atoms with van der Waals surface area (Å²) in [5, 5.41) is 23.4. The molecular formula is C42H67NO17. The van der Waals surface area contributed by atoms with Gasteiger partial charge < -0.3 is 67.3 Å². The number of hydrogen-bond acceptors (Lipinski definition) is 18. The van der Waals surface area contributed by atoms with Gasteiger partial charge in [-0.05, 0) is 66.1 Å². The maximum atomic E-state index is 13.4. The first kappa shape index (κ1) is 49.6. The van der Waals surface area contributed by atoms with Gasteiger partial charge in [-0.25, -0.2) is 0 Å². The van der Waals surface area contributed by atoms with Crippen LogP contribution in [0.25, 0.3) is 0 Å².